The molecule has 0 aromatic carbocycles. The summed E-state index contributed by atoms with van der Waals surface area (Å²) < 4.78 is 2.80. The minimum absolute atomic E-state index is 0.873. The number of aromatic nitrogens is 3. The highest BCUT2D eigenvalue weighted by atomic mass is 79.9. The fourth-order valence-corrected chi connectivity index (χ4v) is 3.15. The molecule has 0 bridgehead atoms. The zero-order chi connectivity index (χ0) is 13.2. The number of nitrogens with zero attached hydrogens (tertiary/aromatic N) is 3. The summed E-state index contributed by atoms with van der Waals surface area (Å²) in [6.45, 7) is 0.903. The monoisotopic (exact) mass is 336 g/mol. The van der Waals surface area contributed by atoms with E-state index in [2.05, 4.69) is 42.8 Å². The highest BCUT2D eigenvalue weighted by Gasteiger charge is 2.11. The molecule has 0 fully saturated rings. The molecule has 0 aliphatic heterocycles. The number of imidazole rings is 1. The van der Waals surface area contributed by atoms with Crippen LogP contribution in [0.2, 0.25) is 0 Å². The Morgan fingerprint density at radius 3 is 3.00 bits per heavy atom. The number of fused-ring (bicyclic) bond motifs is 1. The lowest BCUT2D eigenvalue weighted by Gasteiger charge is -1.99. The van der Waals surface area contributed by atoms with Crippen molar-refractivity contribution in [2.75, 3.05) is 13.6 Å². The molecule has 19 heavy (non-hydrogen) atoms. The van der Waals surface area contributed by atoms with E-state index in [0.717, 1.165) is 34.6 Å². The van der Waals surface area contributed by atoms with Gasteiger partial charge in [0.2, 0.25) is 0 Å². The molecule has 0 aliphatic rings. The summed E-state index contributed by atoms with van der Waals surface area (Å²) >= 11 is 5.28. The van der Waals surface area contributed by atoms with Gasteiger partial charge in [0, 0.05) is 13.0 Å². The van der Waals surface area contributed by atoms with Crippen LogP contribution in [0.5, 0.6) is 0 Å². The van der Waals surface area contributed by atoms with Crippen LogP contribution in [0.4, 0.5) is 0 Å². The van der Waals surface area contributed by atoms with Crippen molar-refractivity contribution < 1.29 is 0 Å². The second-order valence-electron chi connectivity index (χ2n) is 4.17. The quantitative estimate of drug-likeness (QED) is 0.796. The van der Waals surface area contributed by atoms with Gasteiger partial charge in [0.05, 0.1) is 10.6 Å². The van der Waals surface area contributed by atoms with E-state index in [1.807, 2.05) is 29.8 Å². The number of nitrogens with one attached hydrogen (secondary N) is 1. The third-order valence-corrected chi connectivity index (χ3v) is 4.56. The van der Waals surface area contributed by atoms with Crippen molar-refractivity contribution in [3.63, 3.8) is 0 Å². The Morgan fingerprint density at radius 2 is 2.26 bits per heavy atom. The van der Waals surface area contributed by atoms with Gasteiger partial charge in [-0.3, -0.25) is 0 Å². The molecule has 3 rings (SSSR count). The molecule has 98 valence electrons. The number of thiophene rings is 1. The zero-order valence-corrected chi connectivity index (χ0v) is 12.8. The molecule has 4 nitrogen and oxygen atoms in total. The first-order valence-corrected chi connectivity index (χ1v) is 7.69. The summed E-state index contributed by atoms with van der Waals surface area (Å²) in [5.74, 6) is 0. The highest BCUT2D eigenvalue weighted by molar-refractivity contribution is 9.10. The summed E-state index contributed by atoms with van der Waals surface area (Å²) in [7, 11) is 1.94. The molecular weight excluding hydrogens is 324 g/mol. The maximum absolute atomic E-state index is 4.64. The standard InChI is InChI=1S/C13H13BrN4S/c1-15-7-6-10-13(14)18-12(16-10)5-4-9(17-18)11-3-2-8-19-11/h2-5,8,15H,6-7H2,1H3. The molecule has 6 heteroatoms. The maximum Gasteiger partial charge on any atom is 0.155 e. The van der Waals surface area contributed by atoms with E-state index in [-0.39, 0.29) is 0 Å². The number of hydrogen-bond donors (Lipinski definition) is 1. The predicted molar refractivity (Wildman–Crippen MR) is 81.6 cm³/mol. The summed E-state index contributed by atoms with van der Waals surface area (Å²) in [6.07, 6.45) is 0.884. The Hall–Kier alpha value is -1.24. The molecule has 3 aromatic rings. The van der Waals surface area contributed by atoms with Gasteiger partial charge in [-0.1, -0.05) is 6.07 Å². The van der Waals surface area contributed by atoms with Crippen molar-refractivity contribution in [3.8, 4) is 10.6 Å². The van der Waals surface area contributed by atoms with E-state index in [1.165, 1.54) is 4.88 Å². The van der Waals surface area contributed by atoms with E-state index in [1.54, 1.807) is 11.3 Å². The third kappa shape index (κ3) is 2.43. The van der Waals surface area contributed by atoms with Gasteiger partial charge in [0.1, 0.15) is 10.3 Å². The molecule has 1 N–H and O–H groups in total. The lowest BCUT2D eigenvalue weighted by molar-refractivity contribution is 0.775. The van der Waals surface area contributed by atoms with Crippen molar-refractivity contribution >= 4 is 32.9 Å². The fraction of sp³-hybridized carbons (Fsp3) is 0.231. The molecule has 3 aromatic heterocycles. The first-order chi connectivity index (χ1) is 9.29. The maximum atomic E-state index is 4.64. The molecule has 0 amide bonds. The van der Waals surface area contributed by atoms with Crippen molar-refractivity contribution in [1.82, 2.24) is 19.9 Å². The van der Waals surface area contributed by atoms with Gasteiger partial charge in [-0.2, -0.15) is 5.10 Å². The Balaban J connectivity index is 2.05. The zero-order valence-electron chi connectivity index (χ0n) is 10.4. The van der Waals surface area contributed by atoms with E-state index < -0.39 is 0 Å². The lowest BCUT2D eigenvalue weighted by atomic mass is 10.3. The van der Waals surface area contributed by atoms with Gasteiger partial charge in [-0.05, 0) is 46.6 Å². The Kier molecular flexibility index (Phi) is 3.63. The van der Waals surface area contributed by atoms with Crippen LogP contribution in [0.3, 0.4) is 0 Å². The molecule has 3 heterocycles. The molecule has 0 atom stereocenters. The second-order valence-corrected chi connectivity index (χ2v) is 5.87. The van der Waals surface area contributed by atoms with Crippen LogP contribution in [0, 0.1) is 0 Å². The van der Waals surface area contributed by atoms with Crippen LogP contribution in [-0.4, -0.2) is 28.2 Å². The summed E-state index contributed by atoms with van der Waals surface area (Å²) in [6, 6.07) is 8.14. The van der Waals surface area contributed by atoms with Gasteiger partial charge in [-0.15, -0.1) is 11.3 Å². The average Bonchev–Trinajstić information content (AvgIpc) is 3.05. The molecule has 0 unspecified atom stereocenters. The minimum Gasteiger partial charge on any atom is -0.319 e. The molecular formula is C13H13BrN4S. The van der Waals surface area contributed by atoms with Gasteiger partial charge in [0.15, 0.2) is 5.65 Å². The molecule has 0 spiro atoms. The van der Waals surface area contributed by atoms with Crippen LogP contribution in [0.1, 0.15) is 5.69 Å². The third-order valence-electron chi connectivity index (χ3n) is 2.87. The van der Waals surface area contributed by atoms with Gasteiger partial charge in [-0.25, -0.2) is 9.50 Å². The van der Waals surface area contributed by atoms with Crippen molar-refractivity contribution in [2.45, 2.75) is 6.42 Å². The van der Waals surface area contributed by atoms with Crippen LogP contribution in [0.25, 0.3) is 16.2 Å². The van der Waals surface area contributed by atoms with Crippen LogP contribution < -0.4 is 5.32 Å². The van der Waals surface area contributed by atoms with Gasteiger partial charge >= 0.3 is 0 Å². The minimum atomic E-state index is 0.873. The van der Waals surface area contributed by atoms with Gasteiger partial charge in [0.25, 0.3) is 0 Å². The number of likely N-dealkylation sites (N-methyl/N-ethyl adjacent to an activating group) is 1. The normalized spacial score (nSPS) is 11.3. The SMILES string of the molecule is CNCCc1nc2ccc(-c3cccs3)nn2c1Br. The fourth-order valence-electron chi connectivity index (χ4n) is 1.91. The Labute approximate surface area is 123 Å². The van der Waals surface area contributed by atoms with Crippen LogP contribution in [0.15, 0.2) is 34.2 Å². The number of hydrogen-bond acceptors (Lipinski definition) is 4. The molecule has 0 aliphatic carbocycles. The molecule has 0 saturated heterocycles. The lowest BCUT2D eigenvalue weighted by Crippen LogP contribution is -2.10. The topological polar surface area (TPSA) is 42.2 Å². The molecule has 0 saturated carbocycles. The average molecular weight is 337 g/mol. The van der Waals surface area contributed by atoms with E-state index in [0.29, 0.717) is 0 Å². The number of halogens is 1. The van der Waals surface area contributed by atoms with E-state index in [4.69, 9.17) is 0 Å². The number of rotatable bonds is 4. The first kappa shape index (κ1) is 12.8. The van der Waals surface area contributed by atoms with E-state index >= 15 is 0 Å². The van der Waals surface area contributed by atoms with Crippen molar-refractivity contribution in [2.24, 2.45) is 0 Å². The Morgan fingerprint density at radius 1 is 1.37 bits per heavy atom. The molecule has 0 radical (unpaired) electrons. The first-order valence-electron chi connectivity index (χ1n) is 6.02. The summed E-state index contributed by atoms with van der Waals surface area (Å²) in [5, 5.41) is 9.83. The van der Waals surface area contributed by atoms with Gasteiger partial charge < -0.3 is 5.32 Å². The summed E-state index contributed by atoms with van der Waals surface area (Å²) in [4.78, 5) is 5.76. The van der Waals surface area contributed by atoms with Crippen molar-refractivity contribution in [1.29, 1.82) is 0 Å². The smallest absolute Gasteiger partial charge is 0.155 e. The van der Waals surface area contributed by atoms with Crippen LogP contribution in [-0.2, 0) is 6.42 Å². The van der Waals surface area contributed by atoms with Crippen LogP contribution >= 0.6 is 27.3 Å². The van der Waals surface area contributed by atoms with E-state index in [9.17, 15) is 0 Å². The summed E-state index contributed by atoms with van der Waals surface area (Å²) in [5.41, 5.74) is 2.88. The highest BCUT2D eigenvalue weighted by Crippen LogP contribution is 2.25. The predicted octanol–water partition coefficient (Wildman–Crippen LogP) is 2.98. The van der Waals surface area contributed by atoms with Crippen molar-refractivity contribution in [3.05, 3.63) is 39.9 Å². The largest absolute Gasteiger partial charge is 0.319 e. The second kappa shape index (κ2) is 5.40. The Bertz CT molecular complexity index is 690.